The van der Waals surface area contributed by atoms with E-state index >= 15 is 0 Å². The first kappa shape index (κ1) is 18.9. The molecule has 7 heteroatoms. The molecule has 3 rings (SSSR count). The van der Waals surface area contributed by atoms with E-state index in [0.29, 0.717) is 17.8 Å². The minimum Gasteiger partial charge on any atom is -0.445 e. The second kappa shape index (κ2) is 8.22. The van der Waals surface area contributed by atoms with Crippen molar-refractivity contribution in [3.8, 4) is 5.75 Å². The number of alkyl halides is 2. The molecule has 2 aromatic rings. The number of halogens is 2. The van der Waals surface area contributed by atoms with Gasteiger partial charge in [0.15, 0.2) is 0 Å². The van der Waals surface area contributed by atoms with Gasteiger partial charge in [0.25, 0.3) is 5.91 Å². The second-order valence-corrected chi connectivity index (χ2v) is 6.52. The maximum Gasteiger partial charge on any atom is 0.326 e. The van der Waals surface area contributed by atoms with Gasteiger partial charge in [-0.2, -0.15) is 4.39 Å². The Balaban J connectivity index is 1.68. The van der Waals surface area contributed by atoms with Crippen LogP contribution in [-0.2, 0) is 0 Å². The number of ether oxygens (including phenoxy) is 1. The number of carbonyl (C=O) groups is 1. The van der Waals surface area contributed by atoms with Crippen LogP contribution in [0.25, 0.3) is 5.57 Å². The smallest absolute Gasteiger partial charge is 0.326 e. The van der Waals surface area contributed by atoms with E-state index in [-0.39, 0.29) is 18.1 Å². The first-order valence-corrected chi connectivity index (χ1v) is 8.87. The lowest BCUT2D eigenvalue weighted by Gasteiger charge is -2.18. The zero-order valence-corrected chi connectivity index (χ0v) is 15.5. The van der Waals surface area contributed by atoms with E-state index in [0.717, 1.165) is 11.1 Å². The monoisotopic (exact) mass is 387 g/mol. The third-order valence-corrected chi connectivity index (χ3v) is 4.32. The predicted molar refractivity (Wildman–Crippen MR) is 106 cm³/mol. The summed E-state index contributed by atoms with van der Waals surface area (Å²) < 4.78 is 18.7. The number of hydrogen-bond acceptors (Lipinski definition) is 4. The lowest BCUT2D eigenvalue weighted by Crippen LogP contribution is -2.21. The molecule has 0 fully saturated rings. The van der Waals surface area contributed by atoms with Crippen molar-refractivity contribution in [3.05, 3.63) is 65.9 Å². The van der Waals surface area contributed by atoms with E-state index in [1.165, 1.54) is 0 Å². The number of nitrogens with one attached hydrogen (secondary N) is 2. The molecule has 1 aliphatic heterocycles. The van der Waals surface area contributed by atoms with Crippen LogP contribution in [0.1, 0.15) is 29.3 Å². The van der Waals surface area contributed by atoms with Crippen molar-refractivity contribution in [2.45, 2.75) is 18.7 Å². The van der Waals surface area contributed by atoms with E-state index in [4.69, 9.17) is 16.3 Å². The van der Waals surface area contributed by atoms with Gasteiger partial charge in [0.05, 0.1) is 12.9 Å². The highest BCUT2D eigenvalue weighted by Gasteiger charge is 2.25. The number of nitrogens with zero attached hydrogens (tertiary/aromatic N) is 1. The van der Waals surface area contributed by atoms with Crippen LogP contribution < -0.4 is 15.4 Å². The fourth-order valence-electron chi connectivity index (χ4n) is 2.47. The van der Waals surface area contributed by atoms with Gasteiger partial charge in [0.2, 0.25) is 0 Å². The fraction of sp³-hybridized carbons (Fsp3) is 0.200. The molecule has 1 atom stereocenters. The van der Waals surface area contributed by atoms with Gasteiger partial charge in [-0.05, 0) is 59.1 Å². The van der Waals surface area contributed by atoms with Crippen molar-refractivity contribution in [2.24, 2.45) is 4.99 Å². The summed E-state index contributed by atoms with van der Waals surface area (Å²) in [4.78, 5) is 16.7. The standard InChI is InChI=1S/C20H19ClFN3O2/c1-2-20(21,22)27-18-8-6-17(7-9-18)25-19(26)15-5-3-4-14(10-15)16-11-23-13-24-12-16/h3-11,13H,2,12H2,1H3,(H,23,24)(H,25,26). The quantitative estimate of drug-likeness (QED) is 0.714. The Morgan fingerprint density at radius 1 is 1.33 bits per heavy atom. The number of rotatable bonds is 6. The number of benzene rings is 2. The predicted octanol–water partition coefficient (Wildman–Crippen LogP) is 4.56. The van der Waals surface area contributed by atoms with Crippen LogP contribution in [0, 0.1) is 0 Å². The number of hydrogen-bond donors (Lipinski definition) is 2. The summed E-state index contributed by atoms with van der Waals surface area (Å²) in [6, 6.07) is 13.7. The molecular formula is C20H19ClFN3O2. The summed E-state index contributed by atoms with van der Waals surface area (Å²) in [5, 5.41) is 3.51. The largest absolute Gasteiger partial charge is 0.445 e. The average molecular weight is 388 g/mol. The van der Waals surface area contributed by atoms with Crippen LogP contribution in [0.5, 0.6) is 5.75 Å². The zero-order valence-electron chi connectivity index (χ0n) is 14.7. The maximum absolute atomic E-state index is 13.7. The first-order valence-electron chi connectivity index (χ1n) is 8.49. The minimum absolute atomic E-state index is 0.0145. The fourth-order valence-corrected chi connectivity index (χ4v) is 2.56. The summed E-state index contributed by atoms with van der Waals surface area (Å²) in [6.07, 6.45) is 3.51. The number of amides is 1. The molecule has 1 amide bonds. The van der Waals surface area contributed by atoms with Gasteiger partial charge in [-0.1, -0.05) is 19.1 Å². The van der Waals surface area contributed by atoms with Crippen molar-refractivity contribution in [1.29, 1.82) is 0 Å². The average Bonchev–Trinajstić information content (AvgIpc) is 2.70. The van der Waals surface area contributed by atoms with Crippen molar-refractivity contribution in [3.63, 3.8) is 0 Å². The lowest BCUT2D eigenvalue weighted by atomic mass is 10.0. The Hall–Kier alpha value is -2.86. The minimum atomic E-state index is -2.24. The van der Waals surface area contributed by atoms with Crippen LogP contribution in [0.4, 0.5) is 10.1 Å². The van der Waals surface area contributed by atoms with E-state index in [1.807, 2.05) is 24.4 Å². The van der Waals surface area contributed by atoms with E-state index in [9.17, 15) is 9.18 Å². The SMILES string of the molecule is CCC(F)(Cl)Oc1ccc(NC(=O)c2cccc(C3=CNC=NC3)c2)cc1. The molecule has 140 valence electrons. The van der Waals surface area contributed by atoms with Gasteiger partial charge < -0.3 is 15.4 Å². The Bertz CT molecular complexity index is 879. The Kier molecular flexibility index (Phi) is 5.76. The van der Waals surface area contributed by atoms with Gasteiger partial charge in [-0.25, -0.2) is 0 Å². The van der Waals surface area contributed by atoms with E-state index in [1.54, 1.807) is 43.6 Å². The van der Waals surface area contributed by atoms with Crippen molar-refractivity contribution < 1.29 is 13.9 Å². The van der Waals surface area contributed by atoms with Crippen LogP contribution in [0.2, 0.25) is 0 Å². The topological polar surface area (TPSA) is 62.7 Å². The molecule has 0 saturated heterocycles. The van der Waals surface area contributed by atoms with Crippen LogP contribution in [-0.4, -0.2) is 24.1 Å². The molecule has 0 saturated carbocycles. The Labute approximate surface area is 161 Å². The van der Waals surface area contributed by atoms with Gasteiger partial charge in [0, 0.05) is 23.9 Å². The highest BCUT2D eigenvalue weighted by molar-refractivity contribution is 6.21. The van der Waals surface area contributed by atoms with E-state index < -0.39 is 5.31 Å². The molecule has 0 aromatic heterocycles. The van der Waals surface area contributed by atoms with Crippen molar-refractivity contribution in [2.75, 3.05) is 11.9 Å². The molecule has 1 unspecified atom stereocenters. The van der Waals surface area contributed by atoms with Crippen molar-refractivity contribution >= 4 is 35.1 Å². The molecule has 1 heterocycles. The van der Waals surface area contributed by atoms with Crippen LogP contribution >= 0.6 is 11.6 Å². The van der Waals surface area contributed by atoms with Crippen LogP contribution in [0.3, 0.4) is 0 Å². The lowest BCUT2D eigenvalue weighted by molar-refractivity contribution is 0.0179. The third-order valence-electron chi connectivity index (χ3n) is 3.97. The Morgan fingerprint density at radius 2 is 2.11 bits per heavy atom. The van der Waals surface area contributed by atoms with Gasteiger partial charge in [-0.3, -0.25) is 9.79 Å². The molecule has 0 spiro atoms. The normalized spacial score (nSPS) is 15.3. The van der Waals surface area contributed by atoms with Gasteiger partial charge in [-0.15, -0.1) is 0 Å². The zero-order chi connectivity index (χ0) is 19.3. The summed E-state index contributed by atoms with van der Waals surface area (Å²) >= 11 is 5.56. The maximum atomic E-state index is 13.7. The molecule has 0 aliphatic carbocycles. The second-order valence-electron chi connectivity index (χ2n) is 5.96. The molecule has 2 aromatic carbocycles. The number of anilines is 1. The van der Waals surface area contributed by atoms with Crippen LogP contribution in [0.15, 0.2) is 59.7 Å². The molecule has 2 N–H and O–H groups in total. The third kappa shape index (κ3) is 5.08. The summed E-state index contributed by atoms with van der Waals surface area (Å²) in [5.41, 5.74) is 3.02. The highest BCUT2D eigenvalue weighted by atomic mass is 35.5. The van der Waals surface area contributed by atoms with Gasteiger partial charge >= 0.3 is 5.31 Å². The first-order chi connectivity index (χ1) is 13.0. The molecule has 0 radical (unpaired) electrons. The highest BCUT2D eigenvalue weighted by Crippen LogP contribution is 2.27. The van der Waals surface area contributed by atoms with E-state index in [2.05, 4.69) is 15.6 Å². The number of aliphatic imine (C=N–C) groups is 1. The van der Waals surface area contributed by atoms with Crippen molar-refractivity contribution in [1.82, 2.24) is 5.32 Å². The number of carbonyl (C=O) groups excluding carboxylic acids is 1. The Morgan fingerprint density at radius 3 is 2.78 bits per heavy atom. The summed E-state index contributed by atoms with van der Waals surface area (Å²) in [5.74, 6) is 0.0377. The molecule has 1 aliphatic rings. The summed E-state index contributed by atoms with van der Waals surface area (Å²) in [7, 11) is 0. The molecular weight excluding hydrogens is 369 g/mol. The van der Waals surface area contributed by atoms with Gasteiger partial charge in [0.1, 0.15) is 5.75 Å². The molecule has 0 bridgehead atoms. The summed E-state index contributed by atoms with van der Waals surface area (Å²) in [6.45, 7) is 2.15. The molecule has 5 nitrogen and oxygen atoms in total. The molecule has 27 heavy (non-hydrogen) atoms.